The largest absolute Gasteiger partial charge is 0.507 e. The molecule has 8 bridgehead atoms. The highest BCUT2D eigenvalue weighted by Crippen LogP contribution is 2.67. The maximum Gasteiger partial charge on any atom is 0.127 e. The van der Waals surface area contributed by atoms with Crippen molar-refractivity contribution in [2.24, 2.45) is 35.5 Å². The fraction of sp³-hybridized carbons (Fsp3) is 0.667. The number of aromatic hydroxyl groups is 2. The third kappa shape index (κ3) is 2.37. The van der Waals surface area contributed by atoms with Gasteiger partial charge in [-0.3, -0.25) is 0 Å². The monoisotopic (exact) mass is 428 g/mol. The zero-order valence-corrected chi connectivity index (χ0v) is 19.2. The van der Waals surface area contributed by atoms with Crippen LogP contribution in [-0.4, -0.2) is 10.2 Å². The molecule has 32 heavy (non-hydrogen) atoms. The van der Waals surface area contributed by atoms with E-state index in [0.717, 1.165) is 35.5 Å². The van der Waals surface area contributed by atoms with Gasteiger partial charge in [0.15, 0.2) is 0 Å². The van der Waals surface area contributed by atoms with Gasteiger partial charge in [0, 0.05) is 0 Å². The lowest BCUT2D eigenvalue weighted by Gasteiger charge is -2.61. The third-order valence-corrected chi connectivity index (χ3v) is 11.3. The lowest BCUT2D eigenvalue weighted by Crippen LogP contribution is -2.52. The molecule has 8 fully saturated rings. The predicted molar refractivity (Wildman–Crippen MR) is 127 cm³/mol. The van der Waals surface area contributed by atoms with Gasteiger partial charge in [0.1, 0.15) is 11.5 Å². The Hall–Kier alpha value is -1.70. The van der Waals surface area contributed by atoms with E-state index in [-0.39, 0.29) is 16.6 Å². The first-order chi connectivity index (χ1) is 15.5. The summed E-state index contributed by atoms with van der Waals surface area (Å²) in [4.78, 5) is 0. The van der Waals surface area contributed by atoms with Crippen molar-refractivity contribution >= 4 is 10.8 Å². The predicted octanol–water partition coefficient (Wildman–Crippen LogP) is 7.19. The molecule has 8 saturated carbocycles. The standard InChI is InChI=1S/C30H36O2/c31-25-3-1-2-23-27(25)26(32)10-24(29-11-17-4-18(12-29)6-19(5-17)13-29)28(23)30-14-20-7-21(15-30)9-22(8-20)16-30/h1-3,10,17-22,31-32H,4-9,11-16H2. The van der Waals surface area contributed by atoms with Gasteiger partial charge in [-0.05, 0) is 152 Å². The van der Waals surface area contributed by atoms with Crippen molar-refractivity contribution < 1.29 is 10.2 Å². The summed E-state index contributed by atoms with van der Waals surface area (Å²) in [6.45, 7) is 0. The molecule has 168 valence electrons. The summed E-state index contributed by atoms with van der Waals surface area (Å²) in [6, 6.07) is 8.18. The highest BCUT2D eigenvalue weighted by molar-refractivity contribution is 5.97. The topological polar surface area (TPSA) is 40.5 Å². The maximum absolute atomic E-state index is 11.3. The van der Waals surface area contributed by atoms with Crippen LogP contribution in [0.25, 0.3) is 10.8 Å². The van der Waals surface area contributed by atoms with Crippen LogP contribution in [-0.2, 0) is 10.8 Å². The van der Waals surface area contributed by atoms with E-state index in [1.807, 2.05) is 6.07 Å². The normalized spacial score (nSPS) is 45.8. The molecule has 8 aliphatic carbocycles. The molecule has 2 nitrogen and oxygen atoms in total. The van der Waals surface area contributed by atoms with Crippen LogP contribution in [0.15, 0.2) is 24.3 Å². The number of phenols is 2. The van der Waals surface area contributed by atoms with E-state index in [0.29, 0.717) is 11.1 Å². The maximum atomic E-state index is 11.3. The molecule has 0 amide bonds. The Balaban J connectivity index is 1.41. The third-order valence-electron chi connectivity index (χ3n) is 11.3. The Bertz CT molecular complexity index is 1060. The van der Waals surface area contributed by atoms with Crippen LogP contribution in [0.1, 0.15) is 88.2 Å². The van der Waals surface area contributed by atoms with Gasteiger partial charge in [0.05, 0.1) is 5.39 Å². The summed E-state index contributed by atoms with van der Waals surface area (Å²) in [7, 11) is 0. The Kier molecular flexibility index (Phi) is 3.53. The van der Waals surface area contributed by atoms with E-state index >= 15 is 0 Å². The molecule has 0 radical (unpaired) electrons. The molecular weight excluding hydrogens is 392 g/mol. The van der Waals surface area contributed by atoms with Gasteiger partial charge in [0.25, 0.3) is 0 Å². The van der Waals surface area contributed by atoms with Gasteiger partial charge in [-0.2, -0.15) is 0 Å². The lowest BCUT2D eigenvalue weighted by atomic mass is 9.44. The van der Waals surface area contributed by atoms with Crippen LogP contribution in [0.5, 0.6) is 11.5 Å². The number of hydrogen-bond donors (Lipinski definition) is 2. The number of benzene rings is 2. The van der Waals surface area contributed by atoms with Crippen LogP contribution in [0, 0.1) is 35.5 Å². The zero-order valence-electron chi connectivity index (χ0n) is 19.2. The van der Waals surface area contributed by atoms with Crippen molar-refractivity contribution in [3.05, 3.63) is 35.4 Å². The Morgan fingerprint density at radius 1 is 0.594 bits per heavy atom. The average molecular weight is 429 g/mol. The average Bonchev–Trinajstić information content (AvgIpc) is 2.71. The van der Waals surface area contributed by atoms with Crippen molar-refractivity contribution in [3.63, 3.8) is 0 Å². The highest BCUT2D eigenvalue weighted by atomic mass is 16.3. The first-order valence-electron chi connectivity index (χ1n) is 13.5. The molecule has 0 aromatic heterocycles. The van der Waals surface area contributed by atoms with Gasteiger partial charge in [-0.15, -0.1) is 0 Å². The van der Waals surface area contributed by atoms with E-state index in [1.165, 1.54) is 88.0 Å². The SMILES string of the molecule is Oc1cccc2c(C34CC5CC(CC(C5)C3)C4)c(C34CC5CC(CC(C5)C3)C4)cc(O)c12. The summed E-state index contributed by atoms with van der Waals surface area (Å²) in [5.74, 6) is 5.94. The summed E-state index contributed by atoms with van der Waals surface area (Å²) < 4.78 is 0. The van der Waals surface area contributed by atoms with Crippen molar-refractivity contribution in [2.45, 2.75) is 87.9 Å². The minimum absolute atomic E-state index is 0.253. The molecule has 10 rings (SSSR count). The quantitative estimate of drug-likeness (QED) is 0.531. The molecular formula is C30H36O2. The van der Waals surface area contributed by atoms with E-state index in [9.17, 15) is 10.2 Å². The molecule has 2 aromatic carbocycles. The number of phenolic OH excluding ortho intramolecular Hbond substituents is 2. The molecule has 0 unspecified atom stereocenters. The van der Waals surface area contributed by atoms with Crippen LogP contribution in [0.2, 0.25) is 0 Å². The summed E-state index contributed by atoms with van der Waals surface area (Å²) in [5, 5.41) is 24.0. The molecule has 2 N–H and O–H groups in total. The summed E-state index contributed by atoms with van der Waals surface area (Å²) >= 11 is 0. The first kappa shape index (κ1) is 18.7. The first-order valence-corrected chi connectivity index (χ1v) is 13.5. The molecule has 0 heterocycles. The van der Waals surface area contributed by atoms with Crippen molar-refractivity contribution in [2.75, 3.05) is 0 Å². The van der Waals surface area contributed by atoms with Crippen molar-refractivity contribution in [1.29, 1.82) is 0 Å². The van der Waals surface area contributed by atoms with Crippen LogP contribution < -0.4 is 0 Å². The lowest BCUT2D eigenvalue weighted by molar-refractivity contribution is -0.0169. The van der Waals surface area contributed by atoms with Crippen molar-refractivity contribution in [3.8, 4) is 11.5 Å². The number of rotatable bonds is 2. The van der Waals surface area contributed by atoms with E-state index in [4.69, 9.17) is 0 Å². The van der Waals surface area contributed by atoms with Gasteiger partial charge in [-0.25, -0.2) is 0 Å². The highest BCUT2D eigenvalue weighted by Gasteiger charge is 2.57. The van der Waals surface area contributed by atoms with Gasteiger partial charge in [-0.1, -0.05) is 12.1 Å². The van der Waals surface area contributed by atoms with Crippen molar-refractivity contribution in [1.82, 2.24) is 0 Å². The van der Waals surface area contributed by atoms with Gasteiger partial charge in [0.2, 0.25) is 0 Å². The van der Waals surface area contributed by atoms with Gasteiger partial charge < -0.3 is 10.2 Å². The minimum Gasteiger partial charge on any atom is -0.507 e. The minimum atomic E-state index is 0.253. The second-order valence-corrected chi connectivity index (χ2v) is 13.4. The Morgan fingerprint density at radius 3 is 1.56 bits per heavy atom. The molecule has 2 heteroatoms. The zero-order chi connectivity index (χ0) is 21.2. The van der Waals surface area contributed by atoms with Gasteiger partial charge >= 0.3 is 0 Å². The smallest absolute Gasteiger partial charge is 0.127 e. The van der Waals surface area contributed by atoms with E-state index < -0.39 is 0 Å². The molecule has 0 aliphatic heterocycles. The van der Waals surface area contributed by atoms with E-state index in [1.54, 1.807) is 11.6 Å². The second kappa shape index (κ2) is 6.05. The Labute approximate surface area is 191 Å². The molecule has 0 saturated heterocycles. The molecule has 2 aromatic rings. The fourth-order valence-corrected chi connectivity index (χ4v) is 11.3. The molecule has 8 aliphatic rings. The summed E-state index contributed by atoms with van der Waals surface area (Å²) in [6.07, 6.45) is 16.7. The van der Waals surface area contributed by atoms with Crippen LogP contribution in [0.4, 0.5) is 0 Å². The fourth-order valence-electron chi connectivity index (χ4n) is 11.3. The number of hydrogen-bond acceptors (Lipinski definition) is 2. The number of fused-ring (bicyclic) bond motifs is 1. The van der Waals surface area contributed by atoms with Crippen LogP contribution in [0.3, 0.4) is 0 Å². The molecule has 0 spiro atoms. The second-order valence-electron chi connectivity index (χ2n) is 13.4. The van der Waals surface area contributed by atoms with E-state index in [2.05, 4.69) is 12.1 Å². The van der Waals surface area contributed by atoms with Crippen LogP contribution >= 0.6 is 0 Å². The Morgan fingerprint density at radius 2 is 1.06 bits per heavy atom. The summed E-state index contributed by atoms with van der Waals surface area (Å²) in [5.41, 5.74) is 3.65. The molecule has 0 atom stereocenters.